The van der Waals surface area contributed by atoms with Crippen LogP contribution in [-0.4, -0.2) is 47.9 Å². The molecule has 2 aliphatic heterocycles. The van der Waals surface area contributed by atoms with E-state index < -0.39 is 16.3 Å². The van der Waals surface area contributed by atoms with Crippen LogP contribution < -0.4 is 0 Å². The Labute approximate surface area is 107 Å². The van der Waals surface area contributed by atoms with E-state index in [1.54, 1.807) is 0 Å². The molecule has 18 heavy (non-hydrogen) atoms. The molecule has 2 heterocycles. The lowest BCUT2D eigenvalue weighted by Crippen LogP contribution is -2.58. The van der Waals surface area contributed by atoms with Gasteiger partial charge in [-0.3, -0.25) is 0 Å². The largest absolute Gasteiger partial charge is 0.390 e. The Kier molecular flexibility index (Phi) is 2.90. The highest BCUT2D eigenvalue weighted by molar-refractivity contribution is 7.86. The summed E-state index contributed by atoms with van der Waals surface area (Å²) in [5, 5.41) is 9.21. The third-order valence-electron chi connectivity index (χ3n) is 3.58. The molecular weight excluding hydrogens is 252 g/mol. The average Bonchev–Trinajstić information content (AvgIpc) is 2.34. The Morgan fingerprint density at radius 3 is 2.44 bits per heavy atom. The normalized spacial score (nSPS) is 22.5. The van der Waals surface area contributed by atoms with E-state index in [0.29, 0.717) is 13.1 Å². The summed E-state index contributed by atoms with van der Waals surface area (Å²) in [6, 6.07) is 7.94. The second-order valence-corrected chi connectivity index (χ2v) is 6.76. The molecule has 5 nitrogen and oxygen atoms in total. The standard InChI is InChI=1S/C12H16N2O3S/c15-12-8-14(9-12)18(16,17)13-6-5-10-3-1-2-4-11(10)7-13/h1-4,12,15H,5-9H2. The molecule has 2 aliphatic rings. The molecule has 3 rings (SSSR count). The van der Waals surface area contributed by atoms with E-state index >= 15 is 0 Å². The fourth-order valence-electron chi connectivity index (χ4n) is 2.44. The Morgan fingerprint density at radius 2 is 1.78 bits per heavy atom. The highest BCUT2D eigenvalue weighted by Gasteiger charge is 2.39. The lowest BCUT2D eigenvalue weighted by molar-refractivity contribution is 0.0501. The highest BCUT2D eigenvalue weighted by Crippen LogP contribution is 2.24. The van der Waals surface area contributed by atoms with Gasteiger partial charge in [0.25, 0.3) is 10.2 Å². The summed E-state index contributed by atoms with van der Waals surface area (Å²) in [6.07, 6.45) is 0.253. The molecule has 1 N–H and O–H groups in total. The summed E-state index contributed by atoms with van der Waals surface area (Å²) in [5.74, 6) is 0. The van der Waals surface area contributed by atoms with Gasteiger partial charge in [0.05, 0.1) is 6.10 Å². The second kappa shape index (κ2) is 4.31. The van der Waals surface area contributed by atoms with Crippen LogP contribution in [0.2, 0.25) is 0 Å². The minimum absolute atomic E-state index is 0.223. The molecule has 0 saturated carbocycles. The second-order valence-electron chi connectivity index (χ2n) is 4.83. The predicted molar refractivity (Wildman–Crippen MR) is 67.1 cm³/mol. The van der Waals surface area contributed by atoms with Gasteiger partial charge in [0.1, 0.15) is 0 Å². The molecule has 6 heteroatoms. The van der Waals surface area contributed by atoms with E-state index in [1.165, 1.54) is 14.2 Å². The molecule has 1 aromatic carbocycles. The van der Waals surface area contributed by atoms with E-state index in [9.17, 15) is 13.5 Å². The first-order valence-corrected chi connectivity index (χ1v) is 7.47. The zero-order chi connectivity index (χ0) is 12.8. The molecule has 0 atom stereocenters. The van der Waals surface area contributed by atoms with Crippen molar-refractivity contribution in [2.24, 2.45) is 0 Å². The van der Waals surface area contributed by atoms with Gasteiger partial charge in [-0.1, -0.05) is 24.3 Å². The van der Waals surface area contributed by atoms with Crippen LogP contribution in [0.5, 0.6) is 0 Å². The molecular formula is C12H16N2O3S. The van der Waals surface area contributed by atoms with Crippen molar-refractivity contribution in [2.45, 2.75) is 19.1 Å². The highest BCUT2D eigenvalue weighted by atomic mass is 32.2. The van der Waals surface area contributed by atoms with E-state index in [0.717, 1.165) is 12.0 Å². The molecule has 0 spiro atoms. The van der Waals surface area contributed by atoms with Crippen molar-refractivity contribution in [3.05, 3.63) is 35.4 Å². The molecule has 0 aromatic heterocycles. The maximum atomic E-state index is 12.3. The molecule has 1 fully saturated rings. The number of β-amino-alcohol motifs (C(OH)–C–C–N with tert-alkyl or cyclic N) is 1. The summed E-state index contributed by atoms with van der Waals surface area (Å²) in [5.41, 5.74) is 2.31. The van der Waals surface area contributed by atoms with Crippen LogP contribution >= 0.6 is 0 Å². The zero-order valence-corrected chi connectivity index (χ0v) is 10.8. The molecule has 0 amide bonds. The monoisotopic (exact) mass is 268 g/mol. The Balaban J connectivity index is 1.80. The van der Waals surface area contributed by atoms with Crippen LogP contribution in [0, 0.1) is 0 Å². The number of nitrogens with zero attached hydrogens (tertiary/aromatic N) is 2. The SMILES string of the molecule is O=S(=O)(N1CCc2ccccc2C1)N1CC(O)C1. The third kappa shape index (κ3) is 1.95. The summed E-state index contributed by atoms with van der Waals surface area (Å²) in [7, 11) is -3.39. The third-order valence-corrected chi connectivity index (χ3v) is 5.49. The fourth-order valence-corrected chi connectivity index (χ4v) is 4.11. The summed E-state index contributed by atoms with van der Waals surface area (Å²) in [4.78, 5) is 0. The maximum Gasteiger partial charge on any atom is 0.282 e. The van der Waals surface area contributed by atoms with Crippen molar-refractivity contribution in [3.63, 3.8) is 0 Å². The van der Waals surface area contributed by atoms with Gasteiger partial charge in [-0.25, -0.2) is 0 Å². The number of aliphatic hydroxyl groups excluding tert-OH is 1. The van der Waals surface area contributed by atoms with Crippen LogP contribution in [0.4, 0.5) is 0 Å². The number of hydrogen-bond acceptors (Lipinski definition) is 3. The van der Waals surface area contributed by atoms with Crippen molar-refractivity contribution >= 4 is 10.2 Å². The lowest BCUT2D eigenvalue weighted by atomic mass is 10.0. The molecule has 1 saturated heterocycles. The first kappa shape index (κ1) is 12.1. The number of hydrogen-bond donors (Lipinski definition) is 1. The molecule has 0 aliphatic carbocycles. The van der Waals surface area contributed by atoms with Gasteiger partial charge in [0.15, 0.2) is 0 Å². The van der Waals surface area contributed by atoms with E-state index in [4.69, 9.17) is 0 Å². The quantitative estimate of drug-likeness (QED) is 0.819. The minimum Gasteiger partial charge on any atom is -0.390 e. The van der Waals surface area contributed by atoms with Gasteiger partial charge in [0, 0.05) is 26.2 Å². The fraction of sp³-hybridized carbons (Fsp3) is 0.500. The van der Waals surface area contributed by atoms with Gasteiger partial charge in [-0.15, -0.1) is 0 Å². The first-order valence-electron chi connectivity index (χ1n) is 6.07. The topological polar surface area (TPSA) is 60.9 Å². The lowest BCUT2D eigenvalue weighted by Gasteiger charge is -2.39. The summed E-state index contributed by atoms with van der Waals surface area (Å²) < 4.78 is 27.4. The van der Waals surface area contributed by atoms with Crippen molar-refractivity contribution in [1.82, 2.24) is 8.61 Å². The predicted octanol–water partition coefficient (Wildman–Crippen LogP) is -0.0340. The number of rotatable bonds is 2. The zero-order valence-electron chi connectivity index (χ0n) is 9.99. The molecule has 0 bridgehead atoms. The van der Waals surface area contributed by atoms with Gasteiger partial charge in [-0.05, 0) is 17.5 Å². The summed E-state index contributed by atoms with van der Waals surface area (Å²) >= 11 is 0. The van der Waals surface area contributed by atoms with Gasteiger partial charge >= 0.3 is 0 Å². The van der Waals surface area contributed by atoms with Gasteiger partial charge < -0.3 is 5.11 Å². The van der Waals surface area contributed by atoms with Crippen molar-refractivity contribution in [1.29, 1.82) is 0 Å². The summed E-state index contributed by atoms with van der Waals surface area (Å²) in [6.45, 7) is 1.40. The number of aliphatic hydroxyl groups is 1. The van der Waals surface area contributed by atoms with Gasteiger partial charge in [0.2, 0.25) is 0 Å². The molecule has 0 radical (unpaired) electrons. The van der Waals surface area contributed by atoms with Crippen LogP contribution in [0.3, 0.4) is 0 Å². The van der Waals surface area contributed by atoms with Crippen LogP contribution in [0.15, 0.2) is 24.3 Å². The van der Waals surface area contributed by atoms with Crippen molar-refractivity contribution in [3.8, 4) is 0 Å². The van der Waals surface area contributed by atoms with Crippen LogP contribution in [0.25, 0.3) is 0 Å². The van der Waals surface area contributed by atoms with Crippen molar-refractivity contribution in [2.75, 3.05) is 19.6 Å². The smallest absolute Gasteiger partial charge is 0.282 e. The van der Waals surface area contributed by atoms with Crippen LogP contribution in [0.1, 0.15) is 11.1 Å². The molecule has 1 aromatic rings. The Hall–Kier alpha value is -0.950. The number of fused-ring (bicyclic) bond motifs is 1. The average molecular weight is 268 g/mol. The van der Waals surface area contributed by atoms with E-state index in [2.05, 4.69) is 0 Å². The van der Waals surface area contributed by atoms with E-state index in [1.807, 2.05) is 24.3 Å². The first-order chi connectivity index (χ1) is 8.57. The molecule has 98 valence electrons. The van der Waals surface area contributed by atoms with Crippen molar-refractivity contribution < 1.29 is 13.5 Å². The Morgan fingerprint density at radius 1 is 1.11 bits per heavy atom. The number of benzene rings is 1. The Bertz CT molecular complexity index is 552. The van der Waals surface area contributed by atoms with Gasteiger partial charge in [-0.2, -0.15) is 17.0 Å². The molecule has 0 unspecified atom stereocenters. The maximum absolute atomic E-state index is 12.3. The van der Waals surface area contributed by atoms with Crippen LogP contribution in [-0.2, 0) is 23.2 Å². The minimum atomic E-state index is -3.39. The van der Waals surface area contributed by atoms with E-state index in [-0.39, 0.29) is 13.1 Å².